The lowest BCUT2D eigenvalue weighted by molar-refractivity contribution is -0.154. The van der Waals surface area contributed by atoms with Crippen LogP contribution in [0.3, 0.4) is 0 Å². The highest BCUT2D eigenvalue weighted by Gasteiger charge is 2.26. The lowest BCUT2D eigenvalue weighted by Crippen LogP contribution is -2.37. The average Bonchev–Trinajstić information content (AvgIpc) is 2.30. The molecule has 1 atom stereocenters. The van der Waals surface area contributed by atoms with Crippen LogP contribution in [0.5, 0.6) is 0 Å². The lowest BCUT2D eigenvalue weighted by atomic mass is 9.77. The molecular formula is C13H15NO3. The quantitative estimate of drug-likeness (QED) is 0.626. The van der Waals surface area contributed by atoms with Crippen LogP contribution < -0.4 is 5.32 Å². The molecule has 1 aliphatic rings. The third-order valence-electron chi connectivity index (χ3n) is 2.93. The summed E-state index contributed by atoms with van der Waals surface area (Å²) in [5.41, 5.74) is 2.58. The van der Waals surface area contributed by atoms with Crippen molar-refractivity contribution in [2.75, 3.05) is 13.2 Å². The number of fused-ring (bicyclic) bond motifs is 1. The van der Waals surface area contributed by atoms with E-state index in [4.69, 9.17) is 0 Å². The van der Waals surface area contributed by atoms with Crippen LogP contribution in [0.4, 0.5) is 0 Å². The van der Waals surface area contributed by atoms with Gasteiger partial charge in [0.1, 0.15) is 0 Å². The summed E-state index contributed by atoms with van der Waals surface area (Å²) in [7, 11) is 0. The molecule has 90 valence electrons. The normalized spacial score (nSPS) is 16.6. The first-order valence-electron chi connectivity index (χ1n) is 5.75. The van der Waals surface area contributed by atoms with E-state index in [-0.39, 0.29) is 6.61 Å². The molecule has 4 heteroatoms. The van der Waals surface area contributed by atoms with Crippen LogP contribution in [0.25, 0.3) is 0 Å². The van der Waals surface area contributed by atoms with Crippen LogP contribution in [0.2, 0.25) is 0 Å². The summed E-state index contributed by atoms with van der Waals surface area (Å²) < 4.78 is 4.61. The van der Waals surface area contributed by atoms with Crippen molar-refractivity contribution < 1.29 is 14.3 Å². The summed E-state index contributed by atoms with van der Waals surface area (Å²) in [6.45, 7) is 2.39. The van der Waals surface area contributed by atoms with Gasteiger partial charge in [0.2, 0.25) is 0 Å². The van der Waals surface area contributed by atoms with Gasteiger partial charge in [-0.15, -0.1) is 0 Å². The molecule has 2 rings (SSSR count). The van der Waals surface area contributed by atoms with Gasteiger partial charge in [0.05, 0.1) is 6.61 Å². The average molecular weight is 233 g/mol. The molecule has 1 aromatic carbocycles. The Hall–Kier alpha value is -1.84. The van der Waals surface area contributed by atoms with Crippen molar-refractivity contribution >= 4 is 11.9 Å². The molecule has 0 heterocycles. The molecule has 0 radical (unpaired) electrons. The van der Waals surface area contributed by atoms with Gasteiger partial charge in [-0.1, -0.05) is 24.3 Å². The van der Waals surface area contributed by atoms with Crippen LogP contribution in [0.15, 0.2) is 24.3 Å². The highest BCUT2D eigenvalue weighted by atomic mass is 16.5. The summed E-state index contributed by atoms with van der Waals surface area (Å²) >= 11 is 0. The topological polar surface area (TPSA) is 55.4 Å². The minimum absolute atomic E-state index is 0.221. The van der Waals surface area contributed by atoms with E-state index in [1.165, 1.54) is 11.1 Å². The van der Waals surface area contributed by atoms with Gasteiger partial charge in [-0.25, -0.2) is 4.79 Å². The second-order valence-electron chi connectivity index (χ2n) is 4.03. The number of amides is 1. The molecular weight excluding hydrogens is 218 g/mol. The van der Waals surface area contributed by atoms with Gasteiger partial charge in [-0.2, -0.15) is 0 Å². The van der Waals surface area contributed by atoms with Crippen molar-refractivity contribution in [1.82, 2.24) is 5.32 Å². The van der Waals surface area contributed by atoms with E-state index < -0.39 is 11.9 Å². The number of hydrogen-bond acceptors (Lipinski definition) is 3. The van der Waals surface area contributed by atoms with Gasteiger partial charge in [0.25, 0.3) is 0 Å². The molecule has 0 aromatic heterocycles. The number of carbonyl (C=O) groups excluding carboxylic acids is 2. The van der Waals surface area contributed by atoms with E-state index in [0.717, 1.165) is 6.42 Å². The smallest absolute Gasteiger partial charge is 0.396 e. The molecule has 1 aliphatic carbocycles. The van der Waals surface area contributed by atoms with E-state index >= 15 is 0 Å². The first kappa shape index (κ1) is 11.6. The number of nitrogens with one attached hydrogen (secondary N) is 1. The third kappa shape index (κ3) is 2.46. The van der Waals surface area contributed by atoms with Crippen LogP contribution in [0.1, 0.15) is 24.0 Å². The minimum Gasteiger partial charge on any atom is -0.459 e. The molecule has 0 spiro atoms. The summed E-state index contributed by atoms with van der Waals surface area (Å²) in [6.07, 6.45) is 0.958. The number of esters is 1. The Morgan fingerprint density at radius 3 is 2.88 bits per heavy atom. The molecule has 1 aromatic rings. The van der Waals surface area contributed by atoms with Crippen molar-refractivity contribution in [1.29, 1.82) is 0 Å². The summed E-state index contributed by atoms with van der Waals surface area (Å²) in [4.78, 5) is 22.4. The Labute approximate surface area is 100.0 Å². The monoisotopic (exact) mass is 233 g/mol. The van der Waals surface area contributed by atoms with E-state index in [2.05, 4.69) is 22.2 Å². The van der Waals surface area contributed by atoms with E-state index in [9.17, 15) is 9.59 Å². The highest BCUT2D eigenvalue weighted by Crippen LogP contribution is 2.33. The van der Waals surface area contributed by atoms with E-state index in [1.54, 1.807) is 6.92 Å². The van der Waals surface area contributed by atoms with Crippen LogP contribution >= 0.6 is 0 Å². The van der Waals surface area contributed by atoms with E-state index in [1.807, 2.05) is 12.1 Å². The number of rotatable bonds is 3. The Balaban J connectivity index is 1.82. The Morgan fingerprint density at radius 2 is 2.18 bits per heavy atom. The maximum Gasteiger partial charge on any atom is 0.396 e. The summed E-state index contributed by atoms with van der Waals surface area (Å²) in [5.74, 6) is -1.14. The second kappa shape index (κ2) is 4.99. The molecule has 1 unspecified atom stereocenters. The fraction of sp³-hybridized carbons (Fsp3) is 0.385. The summed E-state index contributed by atoms with van der Waals surface area (Å²) in [5, 5.41) is 2.60. The molecule has 4 nitrogen and oxygen atoms in total. The number of ether oxygens (including phenoxy) is 1. The Morgan fingerprint density at radius 1 is 1.41 bits per heavy atom. The molecule has 0 saturated heterocycles. The van der Waals surface area contributed by atoms with Crippen LogP contribution in [-0.4, -0.2) is 25.0 Å². The van der Waals surface area contributed by atoms with Crippen LogP contribution in [-0.2, 0) is 20.7 Å². The zero-order valence-electron chi connectivity index (χ0n) is 9.73. The zero-order chi connectivity index (χ0) is 12.3. The van der Waals surface area contributed by atoms with Gasteiger partial charge in [0.15, 0.2) is 0 Å². The standard InChI is InChI=1S/C13H15NO3/c1-2-17-13(16)12(15)14-8-10-7-9-5-3-4-6-11(9)10/h3-6,10H,2,7-8H2,1H3,(H,14,15). The SMILES string of the molecule is CCOC(=O)C(=O)NCC1Cc2ccccc21. The zero-order valence-corrected chi connectivity index (χ0v) is 9.73. The van der Waals surface area contributed by atoms with Crippen molar-refractivity contribution in [3.8, 4) is 0 Å². The fourth-order valence-corrected chi connectivity index (χ4v) is 2.03. The molecule has 17 heavy (non-hydrogen) atoms. The van der Waals surface area contributed by atoms with Gasteiger partial charge in [-0.3, -0.25) is 4.79 Å². The fourth-order valence-electron chi connectivity index (χ4n) is 2.03. The molecule has 0 aliphatic heterocycles. The largest absolute Gasteiger partial charge is 0.459 e. The first-order chi connectivity index (χ1) is 8.22. The maximum absolute atomic E-state index is 11.3. The molecule has 1 amide bonds. The molecule has 1 N–H and O–H groups in total. The predicted molar refractivity (Wildman–Crippen MR) is 62.5 cm³/mol. The van der Waals surface area contributed by atoms with Gasteiger partial charge in [0, 0.05) is 12.5 Å². The lowest BCUT2D eigenvalue weighted by Gasteiger charge is -2.29. The number of carbonyl (C=O) groups is 2. The van der Waals surface area contributed by atoms with Crippen LogP contribution in [0, 0.1) is 0 Å². The van der Waals surface area contributed by atoms with Gasteiger partial charge in [-0.05, 0) is 24.5 Å². The minimum atomic E-state index is -0.805. The maximum atomic E-state index is 11.3. The number of hydrogen-bond donors (Lipinski definition) is 1. The molecule has 0 saturated carbocycles. The first-order valence-corrected chi connectivity index (χ1v) is 5.75. The second-order valence-corrected chi connectivity index (χ2v) is 4.03. The van der Waals surface area contributed by atoms with Crippen molar-refractivity contribution in [3.05, 3.63) is 35.4 Å². The highest BCUT2D eigenvalue weighted by molar-refractivity contribution is 6.32. The number of benzene rings is 1. The molecule has 0 bridgehead atoms. The summed E-state index contributed by atoms with van der Waals surface area (Å²) in [6, 6.07) is 8.13. The van der Waals surface area contributed by atoms with Crippen molar-refractivity contribution in [3.63, 3.8) is 0 Å². The van der Waals surface area contributed by atoms with Crippen molar-refractivity contribution in [2.45, 2.75) is 19.3 Å². The third-order valence-corrected chi connectivity index (χ3v) is 2.93. The predicted octanol–water partition coefficient (Wildman–Crippen LogP) is 1.01. The van der Waals surface area contributed by atoms with Gasteiger partial charge < -0.3 is 10.1 Å². The Bertz CT molecular complexity index is 442. The van der Waals surface area contributed by atoms with Gasteiger partial charge >= 0.3 is 11.9 Å². The van der Waals surface area contributed by atoms with E-state index in [0.29, 0.717) is 12.5 Å². The molecule has 0 fully saturated rings. The Kier molecular flexibility index (Phi) is 3.42. The van der Waals surface area contributed by atoms with Crippen molar-refractivity contribution in [2.24, 2.45) is 0 Å².